The molecule has 1 aromatic heterocycles. The lowest BCUT2D eigenvalue weighted by Crippen LogP contribution is -2.30. The van der Waals surface area contributed by atoms with Gasteiger partial charge in [-0.05, 0) is 7.05 Å². The zero-order valence-corrected chi connectivity index (χ0v) is 11.9. The molecule has 0 saturated heterocycles. The van der Waals surface area contributed by atoms with E-state index in [0.29, 0.717) is 5.92 Å². The Labute approximate surface area is 109 Å². The Hall–Kier alpha value is -0.910. The number of hydrogen-bond donors (Lipinski definition) is 1. The molecule has 1 aromatic rings. The lowest BCUT2D eigenvalue weighted by Gasteiger charge is -2.15. The van der Waals surface area contributed by atoms with E-state index in [-0.39, 0.29) is 0 Å². The van der Waals surface area contributed by atoms with Crippen LogP contribution in [0.15, 0.2) is 10.6 Å². The van der Waals surface area contributed by atoms with E-state index in [4.69, 9.17) is 9.26 Å². The van der Waals surface area contributed by atoms with E-state index in [1.807, 2.05) is 6.07 Å². The van der Waals surface area contributed by atoms with Crippen molar-refractivity contribution in [2.75, 3.05) is 40.4 Å². The summed E-state index contributed by atoms with van der Waals surface area (Å²) in [5, 5.41) is 7.39. The molecular formula is C13H25N3O2. The quantitative estimate of drug-likeness (QED) is 0.677. The van der Waals surface area contributed by atoms with Gasteiger partial charge in [0.25, 0.3) is 0 Å². The second-order valence-corrected chi connectivity index (χ2v) is 4.86. The number of nitrogens with one attached hydrogen (secondary N) is 1. The van der Waals surface area contributed by atoms with Gasteiger partial charge in [-0.1, -0.05) is 19.0 Å². The maximum absolute atomic E-state index is 5.28. The summed E-state index contributed by atoms with van der Waals surface area (Å²) in [6.45, 7) is 8.61. The first-order valence-electron chi connectivity index (χ1n) is 6.47. The molecule has 0 aromatic carbocycles. The molecule has 0 fully saturated rings. The number of hydrogen-bond acceptors (Lipinski definition) is 5. The van der Waals surface area contributed by atoms with E-state index in [1.54, 1.807) is 7.11 Å². The van der Waals surface area contributed by atoms with Crippen LogP contribution >= 0.6 is 0 Å². The summed E-state index contributed by atoms with van der Waals surface area (Å²) in [6.07, 6.45) is 0. The van der Waals surface area contributed by atoms with Crippen LogP contribution in [0.4, 0.5) is 0 Å². The van der Waals surface area contributed by atoms with Gasteiger partial charge in [-0.15, -0.1) is 0 Å². The Kier molecular flexibility index (Phi) is 6.93. The molecule has 0 spiro atoms. The molecule has 1 heterocycles. The van der Waals surface area contributed by atoms with Crippen molar-refractivity contribution in [3.63, 3.8) is 0 Å². The lowest BCUT2D eigenvalue weighted by atomic mass is 10.1. The number of methoxy groups -OCH3 is 1. The number of rotatable bonds is 9. The molecular weight excluding hydrogens is 230 g/mol. The fraction of sp³-hybridized carbons (Fsp3) is 0.769. The molecule has 0 atom stereocenters. The van der Waals surface area contributed by atoms with Crippen LogP contribution in [-0.2, 0) is 11.3 Å². The van der Waals surface area contributed by atoms with Crippen LogP contribution in [0.2, 0.25) is 0 Å². The minimum atomic E-state index is 0.396. The molecule has 5 nitrogen and oxygen atoms in total. The fourth-order valence-electron chi connectivity index (χ4n) is 1.60. The van der Waals surface area contributed by atoms with Gasteiger partial charge in [-0.3, -0.25) is 4.90 Å². The summed E-state index contributed by atoms with van der Waals surface area (Å²) < 4.78 is 10.2. The van der Waals surface area contributed by atoms with Crippen LogP contribution in [0.3, 0.4) is 0 Å². The van der Waals surface area contributed by atoms with Gasteiger partial charge < -0.3 is 14.6 Å². The normalized spacial score (nSPS) is 11.7. The van der Waals surface area contributed by atoms with Crippen molar-refractivity contribution in [3.05, 3.63) is 17.5 Å². The summed E-state index contributed by atoms with van der Waals surface area (Å²) >= 11 is 0. The highest BCUT2D eigenvalue weighted by molar-refractivity contribution is 5.08. The second kappa shape index (κ2) is 8.24. The van der Waals surface area contributed by atoms with Crippen LogP contribution < -0.4 is 5.32 Å². The molecule has 0 bridgehead atoms. The topological polar surface area (TPSA) is 50.5 Å². The van der Waals surface area contributed by atoms with E-state index >= 15 is 0 Å². The van der Waals surface area contributed by atoms with E-state index in [0.717, 1.165) is 44.2 Å². The molecule has 0 aliphatic rings. The lowest BCUT2D eigenvalue weighted by molar-refractivity contribution is 0.197. The number of ether oxygens (including phenoxy) is 1. The van der Waals surface area contributed by atoms with Crippen LogP contribution in [0.5, 0.6) is 0 Å². The highest BCUT2D eigenvalue weighted by Gasteiger charge is 2.09. The molecule has 0 unspecified atom stereocenters. The molecule has 0 aliphatic carbocycles. The number of nitrogens with zero attached hydrogens (tertiary/aromatic N) is 2. The molecule has 18 heavy (non-hydrogen) atoms. The SMILES string of the molecule is COCCNCCN(C)Cc1cc(C(C)C)on1. The average Bonchev–Trinajstić information content (AvgIpc) is 2.77. The first kappa shape index (κ1) is 15.1. The van der Waals surface area contributed by atoms with Gasteiger partial charge in [-0.25, -0.2) is 0 Å². The highest BCUT2D eigenvalue weighted by atomic mass is 16.5. The van der Waals surface area contributed by atoms with Crippen molar-refractivity contribution in [1.82, 2.24) is 15.4 Å². The summed E-state index contributed by atoms with van der Waals surface area (Å²) in [6, 6.07) is 2.04. The van der Waals surface area contributed by atoms with Crippen LogP contribution in [-0.4, -0.2) is 50.5 Å². The Balaban J connectivity index is 2.20. The molecule has 0 aliphatic heterocycles. The predicted octanol–water partition coefficient (Wildman–Crippen LogP) is 1.47. The number of aromatic nitrogens is 1. The third kappa shape index (κ3) is 5.62. The standard InChI is InChI=1S/C13H25N3O2/c1-11(2)13-9-12(15-18-13)10-16(3)7-5-14-6-8-17-4/h9,11,14H,5-8,10H2,1-4H3. The van der Waals surface area contributed by atoms with Gasteiger partial charge in [-0.2, -0.15) is 0 Å². The summed E-state index contributed by atoms with van der Waals surface area (Å²) in [7, 11) is 3.80. The molecule has 0 saturated carbocycles. The zero-order valence-electron chi connectivity index (χ0n) is 11.9. The summed E-state index contributed by atoms with van der Waals surface area (Å²) in [5.41, 5.74) is 0.998. The maximum atomic E-state index is 5.28. The van der Waals surface area contributed by atoms with Gasteiger partial charge >= 0.3 is 0 Å². The van der Waals surface area contributed by atoms with Crippen molar-refractivity contribution < 1.29 is 9.26 Å². The molecule has 5 heteroatoms. The average molecular weight is 255 g/mol. The van der Waals surface area contributed by atoms with Gasteiger partial charge in [0, 0.05) is 45.3 Å². The third-order valence-electron chi connectivity index (χ3n) is 2.73. The molecule has 104 valence electrons. The monoisotopic (exact) mass is 255 g/mol. The highest BCUT2D eigenvalue weighted by Crippen LogP contribution is 2.15. The van der Waals surface area contributed by atoms with Gasteiger partial charge in [0.05, 0.1) is 12.3 Å². The predicted molar refractivity (Wildman–Crippen MR) is 71.7 cm³/mol. The largest absolute Gasteiger partial charge is 0.383 e. The van der Waals surface area contributed by atoms with Gasteiger partial charge in [0.1, 0.15) is 5.76 Å². The molecule has 1 rings (SSSR count). The second-order valence-electron chi connectivity index (χ2n) is 4.86. The smallest absolute Gasteiger partial charge is 0.139 e. The van der Waals surface area contributed by atoms with Gasteiger partial charge in [0.2, 0.25) is 0 Å². The minimum absolute atomic E-state index is 0.396. The van der Waals surface area contributed by atoms with Crippen molar-refractivity contribution in [3.8, 4) is 0 Å². The van der Waals surface area contributed by atoms with Crippen molar-refractivity contribution in [2.45, 2.75) is 26.3 Å². The first-order chi connectivity index (χ1) is 8.63. The maximum Gasteiger partial charge on any atom is 0.139 e. The van der Waals surface area contributed by atoms with E-state index in [9.17, 15) is 0 Å². The van der Waals surface area contributed by atoms with E-state index in [2.05, 4.69) is 36.3 Å². The Morgan fingerprint density at radius 3 is 2.83 bits per heavy atom. The third-order valence-corrected chi connectivity index (χ3v) is 2.73. The molecule has 1 N–H and O–H groups in total. The Bertz CT molecular complexity index is 326. The van der Waals surface area contributed by atoms with Crippen molar-refractivity contribution >= 4 is 0 Å². The molecule has 0 radical (unpaired) electrons. The molecule has 0 amide bonds. The van der Waals surface area contributed by atoms with Crippen molar-refractivity contribution in [1.29, 1.82) is 0 Å². The van der Waals surface area contributed by atoms with Crippen LogP contribution in [0, 0.1) is 0 Å². The van der Waals surface area contributed by atoms with Crippen molar-refractivity contribution in [2.24, 2.45) is 0 Å². The summed E-state index contributed by atoms with van der Waals surface area (Å²) in [5.74, 6) is 1.35. The van der Waals surface area contributed by atoms with E-state index < -0.39 is 0 Å². The van der Waals surface area contributed by atoms with E-state index in [1.165, 1.54) is 0 Å². The Morgan fingerprint density at radius 2 is 2.22 bits per heavy atom. The minimum Gasteiger partial charge on any atom is -0.383 e. The van der Waals surface area contributed by atoms with Crippen LogP contribution in [0.25, 0.3) is 0 Å². The first-order valence-corrected chi connectivity index (χ1v) is 6.47. The fourth-order valence-corrected chi connectivity index (χ4v) is 1.60. The van der Waals surface area contributed by atoms with Crippen LogP contribution in [0.1, 0.15) is 31.2 Å². The Morgan fingerprint density at radius 1 is 1.44 bits per heavy atom. The van der Waals surface area contributed by atoms with Gasteiger partial charge in [0.15, 0.2) is 0 Å². The summed E-state index contributed by atoms with van der Waals surface area (Å²) in [4.78, 5) is 2.22. The zero-order chi connectivity index (χ0) is 13.4. The number of likely N-dealkylation sites (N-methyl/N-ethyl adjacent to an activating group) is 1.